The predicted octanol–water partition coefficient (Wildman–Crippen LogP) is 10.8. The molecule has 0 unspecified atom stereocenters. The standard InChI is InChI=1S/C43H25N5O2/c1-4-13-26(14-5-1)40-44-36-31-19-10-11-22-34(31)50-39(36)37(45-40)32-21-12-20-30-33-25-29(23-24-35(33)49-38(30)32)43-47-41(27-15-6-2-7-16-27)46-42(48-43)28-17-8-3-9-18-28/h1-25H. The van der Waals surface area contributed by atoms with Gasteiger partial charge in [0.25, 0.3) is 0 Å². The van der Waals surface area contributed by atoms with Crippen LogP contribution in [0.2, 0.25) is 0 Å². The molecule has 0 saturated heterocycles. The lowest BCUT2D eigenvalue weighted by Crippen LogP contribution is -2.00. The Balaban J connectivity index is 1.18. The van der Waals surface area contributed by atoms with Crippen LogP contribution in [0.4, 0.5) is 0 Å². The van der Waals surface area contributed by atoms with E-state index >= 15 is 0 Å². The fraction of sp³-hybridized carbons (Fsp3) is 0. The highest BCUT2D eigenvalue weighted by Gasteiger charge is 2.22. The lowest BCUT2D eigenvalue weighted by molar-refractivity contribution is 0.663. The number of fused-ring (bicyclic) bond motifs is 6. The van der Waals surface area contributed by atoms with Crippen molar-refractivity contribution in [2.45, 2.75) is 0 Å². The molecule has 4 aromatic heterocycles. The molecular formula is C43H25N5O2. The summed E-state index contributed by atoms with van der Waals surface area (Å²) in [5.41, 5.74) is 8.71. The number of para-hydroxylation sites is 2. The molecule has 6 aromatic carbocycles. The first-order chi connectivity index (χ1) is 24.8. The topological polar surface area (TPSA) is 90.7 Å². The summed E-state index contributed by atoms with van der Waals surface area (Å²) in [6, 6.07) is 50.1. The van der Waals surface area contributed by atoms with Gasteiger partial charge in [-0.1, -0.05) is 115 Å². The van der Waals surface area contributed by atoms with E-state index in [1.54, 1.807) is 0 Å². The van der Waals surface area contributed by atoms with Crippen molar-refractivity contribution in [1.29, 1.82) is 0 Å². The number of nitrogens with zero attached hydrogens (tertiary/aromatic N) is 5. The summed E-state index contributed by atoms with van der Waals surface area (Å²) in [6.45, 7) is 0. The maximum atomic E-state index is 6.63. The van der Waals surface area contributed by atoms with Crippen molar-refractivity contribution >= 4 is 44.0 Å². The van der Waals surface area contributed by atoms with Gasteiger partial charge in [0.15, 0.2) is 28.9 Å². The normalized spacial score (nSPS) is 11.6. The van der Waals surface area contributed by atoms with E-state index in [4.69, 9.17) is 33.8 Å². The summed E-state index contributed by atoms with van der Waals surface area (Å²) in [6.07, 6.45) is 0. The van der Waals surface area contributed by atoms with E-state index in [1.165, 1.54) is 0 Å². The molecule has 0 amide bonds. The van der Waals surface area contributed by atoms with Gasteiger partial charge in [0.05, 0.1) is 0 Å². The van der Waals surface area contributed by atoms with E-state index in [0.29, 0.717) is 40.2 Å². The van der Waals surface area contributed by atoms with Gasteiger partial charge >= 0.3 is 0 Å². The number of hydrogen-bond donors (Lipinski definition) is 0. The van der Waals surface area contributed by atoms with E-state index < -0.39 is 0 Å². The number of rotatable bonds is 5. The van der Waals surface area contributed by atoms with Crippen molar-refractivity contribution in [3.05, 3.63) is 152 Å². The third kappa shape index (κ3) is 4.64. The zero-order chi connectivity index (χ0) is 33.0. The molecule has 234 valence electrons. The average Bonchev–Trinajstić information content (AvgIpc) is 3.77. The molecular weight excluding hydrogens is 619 g/mol. The summed E-state index contributed by atoms with van der Waals surface area (Å²) in [5, 5.41) is 2.83. The molecule has 0 fully saturated rings. The van der Waals surface area contributed by atoms with Crippen molar-refractivity contribution in [2.75, 3.05) is 0 Å². The highest BCUT2D eigenvalue weighted by Crippen LogP contribution is 2.41. The SMILES string of the molecule is c1ccc(-c2nc(-c3ccccc3)nc(-c3ccc4oc5c(-c6nc(-c7ccccc7)nc7c6oc6ccccc67)cccc5c4c3)n2)cc1. The molecule has 0 radical (unpaired) electrons. The Morgan fingerprint density at radius 3 is 1.52 bits per heavy atom. The number of hydrogen-bond acceptors (Lipinski definition) is 7. The second-order valence-corrected chi connectivity index (χ2v) is 12.1. The number of benzene rings is 6. The van der Waals surface area contributed by atoms with E-state index in [-0.39, 0.29) is 0 Å². The molecule has 0 aliphatic carbocycles. The molecule has 7 nitrogen and oxygen atoms in total. The first-order valence-electron chi connectivity index (χ1n) is 16.3. The smallest absolute Gasteiger partial charge is 0.180 e. The molecule has 0 aliphatic rings. The fourth-order valence-electron chi connectivity index (χ4n) is 6.55. The molecule has 0 bridgehead atoms. The zero-order valence-electron chi connectivity index (χ0n) is 26.5. The summed E-state index contributed by atoms with van der Waals surface area (Å²) < 4.78 is 13.1. The van der Waals surface area contributed by atoms with Crippen molar-refractivity contribution in [3.8, 4) is 56.8 Å². The van der Waals surface area contributed by atoms with Crippen LogP contribution in [0.15, 0.2) is 160 Å². The van der Waals surface area contributed by atoms with Crippen LogP contribution in [0.3, 0.4) is 0 Å². The quantitative estimate of drug-likeness (QED) is 0.184. The maximum Gasteiger partial charge on any atom is 0.180 e. The number of aromatic nitrogens is 5. The highest BCUT2D eigenvalue weighted by molar-refractivity contribution is 6.14. The van der Waals surface area contributed by atoms with Crippen LogP contribution in [0.1, 0.15) is 0 Å². The van der Waals surface area contributed by atoms with Gasteiger partial charge in [-0.3, -0.25) is 0 Å². The molecule has 0 N–H and O–H groups in total. The molecule has 0 saturated carbocycles. The third-order valence-corrected chi connectivity index (χ3v) is 8.96. The van der Waals surface area contributed by atoms with Crippen molar-refractivity contribution in [1.82, 2.24) is 24.9 Å². The van der Waals surface area contributed by atoms with E-state index in [1.807, 2.05) is 140 Å². The largest absolute Gasteiger partial charge is 0.455 e. The van der Waals surface area contributed by atoms with Crippen molar-refractivity contribution in [3.63, 3.8) is 0 Å². The lowest BCUT2D eigenvalue weighted by atomic mass is 10.0. The molecule has 7 heteroatoms. The Morgan fingerprint density at radius 1 is 0.340 bits per heavy atom. The monoisotopic (exact) mass is 643 g/mol. The van der Waals surface area contributed by atoms with Crippen LogP contribution in [-0.4, -0.2) is 24.9 Å². The molecule has 0 atom stereocenters. The summed E-state index contributed by atoms with van der Waals surface area (Å²) in [5.74, 6) is 2.43. The average molecular weight is 644 g/mol. The molecule has 10 rings (SSSR count). The Labute approximate surface area is 285 Å². The maximum absolute atomic E-state index is 6.63. The molecule has 50 heavy (non-hydrogen) atoms. The molecule has 0 spiro atoms. The lowest BCUT2D eigenvalue weighted by Gasteiger charge is -2.08. The predicted molar refractivity (Wildman–Crippen MR) is 197 cm³/mol. The minimum Gasteiger partial charge on any atom is -0.455 e. The third-order valence-electron chi connectivity index (χ3n) is 8.96. The van der Waals surface area contributed by atoms with E-state index in [0.717, 1.165) is 60.7 Å². The molecule has 4 heterocycles. The summed E-state index contributed by atoms with van der Waals surface area (Å²) in [7, 11) is 0. The van der Waals surface area contributed by atoms with Crippen molar-refractivity contribution in [2.24, 2.45) is 0 Å². The Kier molecular flexibility index (Phi) is 6.35. The Hall–Kier alpha value is -6.99. The van der Waals surface area contributed by atoms with Gasteiger partial charge < -0.3 is 8.83 Å². The van der Waals surface area contributed by atoms with Crippen LogP contribution < -0.4 is 0 Å². The van der Waals surface area contributed by atoms with Crippen LogP contribution in [0, 0.1) is 0 Å². The van der Waals surface area contributed by atoms with Crippen LogP contribution in [-0.2, 0) is 0 Å². The zero-order valence-corrected chi connectivity index (χ0v) is 26.5. The number of furan rings is 2. The van der Waals surface area contributed by atoms with E-state index in [2.05, 4.69) is 12.1 Å². The van der Waals surface area contributed by atoms with Crippen LogP contribution in [0.25, 0.3) is 101 Å². The van der Waals surface area contributed by atoms with Gasteiger partial charge in [-0.25, -0.2) is 24.9 Å². The highest BCUT2D eigenvalue weighted by atomic mass is 16.3. The van der Waals surface area contributed by atoms with Gasteiger partial charge in [-0.05, 0) is 36.4 Å². The molecule has 0 aliphatic heterocycles. The van der Waals surface area contributed by atoms with Gasteiger partial charge in [0.2, 0.25) is 0 Å². The van der Waals surface area contributed by atoms with Gasteiger partial charge in [0, 0.05) is 44.0 Å². The minimum absolute atomic E-state index is 0.581. The first-order valence-corrected chi connectivity index (χ1v) is 16.3. The van der Waals surface area contributed by atoms with Gasteiger partial charge in [-0.2, -0.15) is 0 Å². The summed E-state index contributed by atoms with van der Waals surface area (Å²) >= 11 is 0. The second kappa shape index (κ2) is 11.3. The first kappa shape index (κ1) is 28.1. The summed E-state index contributed by atoms with van der Waals surface area (Å²) in [4.78, 5) is 24.8. The van der Waals surface area contributed by atoms with Gasteiger partial charge in [-0.15, -0.1) is 0 Å². The van der Waals surface area contributed by atoms with Crippen LogP contribution >= 0.6 is 0 Å². The van der Waals surface area contributed by atoms with Crippen LogP contribution in [0.5, 0.6) is 0 Å². The Bertz CT molecular complexity index is 2810. The van der Waals surface area contributed by atoms with Gasteiger partial charge in [0.1, 0.15) is 28.0 Å². The van der Waals surface area contributed by atoms with Crippen molar-refractivity contribution < 1.29 is 8.83 Å². The molecule has 10 aromatic rings. The Morgan fingerprint density at radius 2 is 0.860 bits per heavy atom. The minimum atomic E-state index is 0.581. The second-order valence-electron chi connectivity index (χ2n) is 12.1. The fourth-order valence-corrected chi connectivity index (χ4v) is 6.55. The van der Waals surface area contributed by atoms with E-state index in [9.17, 15) is 0 Å².